The molecular weight excluding hydrogens is 308 g/mol. The van der Waals surface area contributed by atoms with Gasteiger partial charge in [-0.2, -0.15) is 11.8 Å². The highest BCUT2D eigenvalue weighted by atomic mass is 32.2. The Kier molecular flexibility index (Phi) is 5.76. The van der Waals surface area contributed by atoms with Gasteiger partial charge in [0.25, 0.3) is 0 Å². The van der Waals surface area contributed by atoms with Gasteiger partial charge in [0.1, 0.15) is 16.4 Å². The summed E-state index contributed by atoms with van der Waals surface area (Å²) in [6.07, 6.45) is 3.51. The number of furan rings is 1. The number of hydrogen-bond acceptors (Lipinski definition) is 5. The molecule has 0 spiro atoms. The van der Waals surface area contributed by atoms with Crippen LogP contribution in [0.3, 0.4) is 0 Å². The quantitative estimate of drug-likeness (QED) is 0.835. The largest absolute Gasteiger partial charge is 0.465 e. The number of aryl methyl sites for hydroxylation is 2. The van der Waals surface area contributed by atoms with E-state index in [0.717, 1.165) is 17.7 Å². The SMILES string of the molecule is CNCc1c(C)oc(C)c1S(=O)(=O)NCC1CCCCS1. The van der Waals surface area contributed by atoms with E-state index in [1.165, 1.54) is 12.8 Å². The molecule has 1 unspecified atom stereocenters. The summed E-state index contributed by atoms with van der Waals surface area (Å²) >= 11 is 1.86. The van der Waals surface area contributed by atoms with Gasteiger partial charge in [-0.05, 0) is 39.5 Å². The summed E-state index contributed by atoms with van der Waals surface area (Å²) in [6, 6.07) is 0. The van der Waals surface area contributed by atoms with Crippen molar-refractivity contribution in [2.45, 2.75) is 49.8 Å². The maximum Gasteiger partial charge on any atom is 0.244 e. The molecule has 1 atom stereocenters. The van der Waals surface area contributed by atoms with Crippen molar-refractivity contribution < 1.29 is 12.8 Å². The van der Waals surface area contributed by atoms with Crippen molar-refractivity contribution >= 4 is 21.8 Å². The minimum atomic E-state index is -3.52. The normalized spacial score (nSPS) is 19.9. The van der Waals surface area contributed by atoms with Crippen LogP contribution >= 0.6 is 11.8 Å². The third-order valence-electron chi connectivity index (χ3n) is 3.72. The number of nitrogens with one attached hydrogen (secondary N) is 2. The van der Waals surface area contributed by atoms with Crippen LogP contribution in [-0.4, -0.2) is 33.0 Å². The summed E-state index contributed by atoms with van der Waals surface area (Å²) in [5.41, 5.74) is 0.721. The van der Waals surface area contributed by atoms with Gasteiger partial charge in [0.05, 0.1) is 0 Å². The van der Waals surface area contributed by atoms with E-state index in [1.807, 2.05) is 11.8 Å². The van der Waals surface area contributed by atoms with Gasteiger partial charge in [-0.25, -0.2) is 13.1 Å². The molecule has 0 radical (unpaired) electrons. The van der Waals surface area contributed by atoms with Crippen molar-refractivity contribution in [3.05, 3.63) is 17.1 Å². The van der Waals surface area contributed by atoms with E-state index in [1.54, 1.807) is 20.9 Å². The summed E-state index contributed by atoms with van der Waals surface area (Å²) in [5, 5.41) is 3.38. The third kappa shape index (κ3) is 4.03. The van der Waals surface area contributed by atoms with Crippen LogP contribution in [0, 0.1) is 13.8 Å². The number of hydrogen-bond donors (Lipinski definition) is 2. The second-order valence-corrected chi connectivity index (χ2v) is 8.50. The molecule has 1 aromatic heterocycles. The van der Waals surface area contributed by atoms with Crippen LogP contribution in [0.15, 0.2) is 9.31 Å². The average Bonchev–Trinajstić information content (AvgIpc) is 2.73. The lowest BCUT2D eigenvalue weighted by molar-refractivity contribution is 0.493. The minimum absolute atomic E-state index is 0.301. The fourth-order valence-electron chi connectivity index (χ4n) is 2.69. The molecule has 0 aliphatic carbocycles. The van der Waals surface area contributed by atoms with Gasteiger partial charge in [0.15, 0.2) is 0 Å². The van der Waals surface area contributed by atoms with Crippen molar-refractivity contribution in [3.8, 4) is 0 Å². The van der Waals surface area contributed by atoms with E-state index in [-0.39, 0.29) is 0 Å². The molecule has 0 amide bonds. The minimum Gasteiger partial charge on any atom is -0.465 e. The van der Waals surface area contributed by atoms with Crippen LogP contribution in [0.5, 0.6) is 0 Å². The maximum absolute atomic E-state index is 12.6. The molecule has 1 fully saturated rings. The molecule has 7 heteroatoms. The van der Waals surface area contributed by atoms with Crippen molar-refractivity contribution in [1.29, 1.82) is 0 Å². The van der Waals surface area contributed by atoms with Crippen molar-refractivity contribution in [1.82, 2.24) is 10.0 Å². The first-order valence-electron chi connectivity index (χ1n) is 7.30. The van der Waals surface area contributed by atoms with E-state index in [4.69, 9.17) is 4.42 Å². The molecule has 1 aromatic rings. The number of thioether (sulfide) groups is 1. The monoisotopic (exact) mass is 332 g/mol. The summed E-state index contributed by atoms with van der Waals surface area (Å²) in [5.74, 6) is 2.25. The Morgan fingerprint density at radius 2 is 2.05 bits per heavy atom. The highest BCUT2D eigenvalue weighted by Gasteiger charge is 2.27. The second kappa shape index (κ2) is 7.17. The summed E-state index contributed by atoms with van der Waals surface area (Å²) in [7, 11) is -1.72. The lowest BCUT2D eigenvalue weighted by Crippen LogP contribution is -2.32. The molecule has 1 aliphatic heterocycles. The maximum atomic E-state index is 12.6. The van der Waals surface area contributed by atoms with Crippen LogP contribution in [0.25, 0.3) is 0 Å². The summed E-state index contributed by atoms with van der Waals surface area (Å²) < 4.78 is 33.5. The standard InChI is InChI=1S/C14H24N2O3S2/c1-10-13(9-15-3)14(11(2)19-10)21(17,18)16-8-12-6-4-5-7-20-12/h12,15-16H,4-9H2,1-3H3. The molecule has 0 saturated carbocycles. The Morgan fingerprint density at radius 1 is 1.29 bits per heavy atom. The Hall–Kier alpha value is -0.500. The second-order valence-electron chi connectivity index (χ2n) is 5.39. The summed E-state index contributed by atoms with van der Waals surface area (Å²) in [6.45, 7) is 4.49. The van der Waals surface area contributed by atoms with Crippen LogP contribution in [0.1, 0.15) is 36.3 Å². The highest BCUT2D eigenvalue weighted by Crippen LogP contribution is 2.28. The van der Waals surface area contributed by atoms with E-state index in [2.05, 4.69) is 10.0 Å². The Balaban J connectivity index is 2.15. The lowest BCUT2D eigenvalue weighted by Gasteiger charge is -2.21. The molecule has 21 heavy (non-hydrogen) atoms. The average molecular weight is 332 g/mol. The molecular formula is C14H24N2O3S2. The van der Waals surface area contributed by atoms with Crippen molar-refractivity contribution in [2.24, 2.45) is 0 Å². The molecule has 5 nitrogen and oxygen atoms in total. The van der Waals surface area contributed by atoms with Gasteiger partial charge in [-0.1, -0.05) is 6.42 Å². The van der Waals surface area contributed by atoms with Gasteiger partial charge in [-0.15, -0.1) is 0 Å². The van der Waals surface area contributed by atoms with E-state index >= 15 is 0 Å². The van der Waals surface area contributed by atoms with Gasteiger partial charge in [-0.3, -0.25) is 0 Å². The van der Waals surface area contributed by atoms with E-state index in [9.17, 15) is 8.42 Å². The Labute approximate surface area is 131 Å². The lowest BCUT2D eigenvalue weighted by atomic mass is 10.2. The van der Waals surface area contributed by atoms with Crippen LogP contribution < -0.4 is 10.0 Å². The zero-order valence-electron chi connectivity index (χ0n) is 12.9. The molecule has 2 rings (SSSR count). The fourth-order valence-corrected chi connectivity index (χ4v) is 5.56. The van der Waals surface area contributed by atoms with Gasteiger partial charge >= 0.3 is 0 Å². The first-order chi connectivity index (χ1) is 9.95. The molecule has 2 heterocycles. The molecule has 120 valence electrons. The van der Waals surface area contributed by atoms with Crippen molar-refractivity contribution in [2.75, 3.05) is 19.3 Å². The Bertz CT molecular complexity index is 575. The topological polar surface area (TPSA) is 71.3 Å². The van der Waals surface area contributed by atoms with Crippen LogP contribution in [0.2, 0.25) is 0 Å². The van der Waals surface area contributed by atoms with Gasteiger partial charge in [0.2, 0.25) is 10.0 Å². The van der Waals surface area contributed by atoms with E-state index in [0.29, 0.717) is 34.8 Å². The number of rotatable bonds is 6. The van der Waals surface area contributed by atoms with Crippen LogP contribution in [-0.2, 0) is 16.6 Å². The fraction of sp³-hybridized carbons (Fsp3) is 0.714. The molecule has 0 aromatic carbocycles. The van der Waals surface area contributed by atoms with Crippen molar-refractivity contribution in [3.63, 3.8) is 0 Å². The first-order valence-corrected chi connectivity index (χ1v) is 9.83. The third-order valence-corrected chi connectivity index (χ3v) is 6.74. The van der Waals surface area contributed by atoms with Gasteiger partial charge in [0, 0.05) is 23.9 Å². The zero-order valence-corrected chi connectivity index (χ0v) is 14.5. The van der Waals surface area contributed by atoms with Gasteiger partial charge < -0.3 is 9.73 Å². The van der Waals surface area contributed by atoms with Crippen LogP contribution in [0.4, 0.5) is 0 Å². The highest BCUT2D eigenvalue weighted by molar-refractivity contribution is 8.00. The van der Waals surface area contributed by atoms with E-state index < -0.39 is 10.0 Å². The zero-order chi connectivity index (χ0) is 15.5. The summed E-state index contributed by atoms with van der Waals surface area (Å²) in [4.78, 5) is 0.301. The first kappa shape index (κ1) is 16.9. The predicted molar refractivity (Wildman–Crippen MR) is 86.2 cm³/mol. The molecule has 2 N–H and O–H groups in total. The molecule has 0 bridgehead atoms. The molecule has 1 aliphatic rings. The number of sulfonamides is 1. The molecule has 1 saturated heterocycles. The Morgan fingerprint density at radius 3 is 2.67 bits per heavy atom. The predicted octanol–water partition coefficient (Wildman–Crippen LogP) is 2.18. The smallest absolute Gasteiger partial charge is 0.244 e.